The highest BCUT2D eigenvalue weighted by Gasteiger charge is 2.16. The fourth-order valence-corrected chi connectivity index (χ4v) is 0.378. The predicted octanol–water partition coefficient (Wildman–Crippen LogP) is -0.668. The summed E-state index contributed by atoms with van der Waals surface area (Å²) in [5, 5.41) is 16.4. The van der Waals surface area contributed by atoms with Crippen LogP contribution in [-0.2, 0) is 4.74 Å². The molecular weight excluding hydrogens is 162 g/mol. The summed E-state index contributed by atoms with van der Waals surface area (Å²) in [7, 11) is 1.08. The molecule has 0 aliphatic heterocycles. The Labute approximate surface area is 68.3 Å². The van der Waals surface area contributed by atoms with E-state index in [1.807, 2.05) is 0 Å². The quantitative estimate of drug-likeness (QED) is 0.222. The van der Waals surface area contributed by atoms with Crippen molar-refractivity contribution < 1.29 is 9.53 Å². The van der Waals surface area contributed by atoms with Crippen molar-refractivity contribution in [2.45, 2.75) is 0 Å². The second-order valence-electron chi connectivity index (χ2n) is 1.48. The molecular formula is C5H5N5O2. The van der Waals surface area contributed by atoms with Gasteiger partial charge in [-0.25, -0.2) is 4.79 Å². The average Bonchev–Trinajstić information content (AvgIpc) is 2.06. The van der Waals surface area contributed by atoms with E-state index in [0.29, 0.717) is 4.90 Å². The van der Waals surface area contributed by atoms with Gasteiger partial charge in [-0.15, -0.1) is 9.89 Å². The van der Waals surface area contributed by atoms with E-state index in [2.05, 4.69) is 9.73 Å². The summed E-state index contributed by atoms with van der Waals surface area (Å²) in [6, 6.07) is 0. The van der Waals surface area contributed by atoms with Gasteiger partial charge in [0.2, 0.25) is 12.2 Å². The Morgan fingerprint density at radius 3 is 2.58 bits per heavy atom. The van der Waals surface area contributed by atoms with Crippen LogP contribution >= 0.6 is 0 Å². The summed E-state index contributed by atoms with van der Waals surface area (Å²) in [6.07, 6.45) is 1.72. The van der Waals surface area contributed by atoms with E-state index in [4.69, 9.17) is 16.3 Å². The number of nitrogens with two attached hydrogens (primary N) is 1. The van der Waals surface area contributed by atoms with Gasteiger partial charge in [0.25, 0.3) is 0 Å². The third kappa shape index (κ3) is 2.15. The van der Waals surface area contributed by atoms with Crippen molar-refractivity contribution in [2.24, 2.45) is 10.7 Å². The zero-order valence-electron chi connectivity index (χ0n) is 6.18. The molecule has 0 aromatic carbocycles. The Morgan fingerprint density at radius 1 is 1.67 bits per heavy atom. The molecule has 0 aromatic heterocycles. The first kappa shape index (κ1) is 9.72. The van der Waals surface area contributed by atoms with Gasteiger partial charge in [0, 0.05) is 0 Å². The van der Waals surface area contributed by atoms with E-state index in [-0.39, 0.29) is 0 Å². The molecule has 0 aromatic rings. The molecule has 0 radical (unpaired) electrons. The van der Waals surface area contributed by atoms with E-state index in [0.717, 1.165) is 7.11 Å². The number of rotatable bonds is 0. The van der Waals surface area contributed by atoms with E-state index < -0.39 is 12.1 Å². The second-order valence-corrected chi connectivity index (χ2v) is 1.48. The molecule has 7 nitrogen and oxygen atoms in total. The minimum atomic E-state index is -0.992. The SMILES string of the molecule is COC(=O)N(C#N)C(N)=NC#N. The molecule has 0 aliphatic rings. The highest BCUT2D eigenvalue weighted by Crippen LogP contribution is 1.89. The van der Waals surface area contributed by atoms with Crippen molar-refractivity contribution in [1.29, 1.82) is 10.5 Å². The van der Waals surface area contributed by atoms with Gasteiger partial charge in [0.05, 0.1) is 7.11 Å². The van der Waals surface area contributed by atoms with Crippen molar-refractivity contribution >= 4 is 12.1 Å². The van der Waals surface area contributed by atoms with Crippen molar-refractivity contribution in [3.05, 3.63) is 0 Å². The van der Waals surface area contributed by atoms with Crippen LogP contribution in [0.3, 0.4) is 0 Å². The molecule has 0 atom stereocenters. The Kier molecular flexibility index (Phi) is 3.66. The molecule has 0 unspecified atom stereocenters. The first-order valence-electron chi connectivity index (χ1n) is 2.67. The largest absolute Gasteiger partial charge is 0.452 e. The van der Waals surface area contributed by atoms with Gasteiger partial charge >= 0.3 is 6.09 Å². The Bertz CT molecular complexity index is 283. The van der Waals surface area contributed by atoms with Gasteiger partial charge in [0.1, 0.15) is 0 Å². The number of amides is 1. The molecule has 7 heteroatoms. The van der Waals surface area contributed by atoms with Crippen LogP contribution in [0.25, 0.3) is 0 Å². The number of hydrogen-bond donors (Lipinski definition) is 1. The van der Waals surface area contributed by atoms with Gasteiger partial charge < -0.3 is 10.5 Å². The van der Waals surface area contributed by atoms with Gasteiger partial charge in [0.15, 0.2) is 6.19 Å². The number of ether oxygens (including phenoxy) is 1. The first-order chi connectivity index (χ1) is 5.67. The molecule has 0 aliphatic carbocycles. The highest BCUT2D eigenvalue weighted by molar-refractivity contribution is 5.95. The van der Waals surface area contributed by atoms with E-state index in [1.54, 1.807) is 0 Å². The molecule has 2 N–H and O–H groups in total. The lowest BCUT2D eigenvalue weighted by molar-refractivity contribution is 0.157. The number of carbonyl (C=O) groups is 1. The van der Waals surface area contributed by atoms with Crippen LogP contribution in [0.5, 0.6) is 0 Å². The molecule has 1 amide bonds. The van der Waals surface area contributed by atoms with Crippen LogP contribution in [0.15, 0.2) is 4.99 Å². The molecule has 0 heterocycles. The molecule has 0 saturated heterocycles. The van der Waals surface area contributed by atoms with E-state index in [9.17, 15) is 4.79 Å². The molecule has 0 spiro atoms. The van der Waals surface area contributed by atoms with Crippen LogP contribution in [0, 0.1) is 22.9 Å². The summed E-state index contributed by atoms with van der Waals surface area (Å²) >= 11 is 0. The minimum absolute atomic E-state index is 0.350. The monoisotopic (exact) mass is 167 g/mol. The maximum Gasteiger partial charge on any atom is 0.430 e. The van der Waals surface area contributed by atoms with Gasteiger partial charge in [-0.05, 0) is 0 Å². The van der Waals surface area contributed by atoms with Crippen molar-refractivity contribution in [2.75, 3.05) is 7.11 Å². The van der Waals surface area contributed by atoms with E-state index in [1.165, 1.54) is 12.4 Å². The lowest BCUT2D eigenvalue weighted by atomic mass is 10.7. The lowest BCUT2D eigenvalue weighted by Crippen LogP contribution is -2.38. The van der Waals surface area contributed by atoms with Gasteiger partial charge in [-0.1, -0.05) is 0 Å². The number of methoxy groups -OCH3 is 1. The maximum absolute atomic E-state index is 10.7. The smallest absolute Gasteiger partial charge is 0.430 e. The van der Waals surface area contributed by atoms with Crippen molar-refractivity contribution in [3.8, 4) is 12.4 Å². The molecule has 0 bridgehead atoms. The van der Waals surface area contributed by atoms with E-state index >= 15 is 0 Å². The first-order valence-corrected chi connectivity index (χ1v) is 2.67. The Morgan fingerprint density at radius 2 is 2.25 bits per heavy atom. The Balaban J connectivity index is 4.62. The number of nitriles is 2. The van der Waals surface area contributed by atoms with Crippen LogP contribution in [0.1, 0.15) is 0 Å². The number of aliphatic imine (C=N–C) groups is 1. The summed E-state index contributed by atoms with van der Waals surface area (Å²) < 4.78 is 4.16. The minimum Gasteiger partial charge on any atom is -0.452 e. The van der Waals surface area contributed by atoms with Crippen LogP contribution < -0.4 is 5.73 Å². The van der Waals surface area contributed by atoms with Crippen LogP contribution in [0.2, 0.25) is 0 Å². The zero-order chi connectivity index (χ0) is 9.56. The topological polar surface area (TPSA) is 116 Å². The molecule has 0 rings (SSSR count). The highest BCUT2D eigenvalue weighted by atomic mass is 16.5. The molecule has 62 valence electrons. The fraction of sp³-hybridized carbons (Fsp3) is 0.200. The summed E-state index contributed by atoms with van der Waals surface area (Å²) in [4.78, 5) is 14.0. The normalized spacial score (nSPS) is 9.42. The number of nitrogens with zero attached hydrogens (tertiary/aromatic N) is 4. The third-order valence-electron chi connectivity index (χ3n) is 0.851. The third-order valence-corrected chi connectivity index (χ3v) is 0.851. The van der Waals surface area contributed by atoms with Crippen molar-refractivity contribution in [1.82, 2.24) is 4.90 Å². The van der Waals surface area contributed by atoms with Crippen LogP contribution in [0.4, 0.5) is 4.79 Å². The average molecular weight is 167 g/mol. The second kappa shape index (κ2) is 4.52. The standard InChI is InChI=1S/C5H5N5O2/c1-12-5(11)10(3-7)4(8)9-2-6/h1H3,(H2,8,9). The summed E-state index contributed by atoms with van der Waals surface area (Å²) in [5.41, 5.74) is 5.05. The Hall–Kier alpha value is -2.28. The number of guanidine groups is 1. The summed E-state index contributed by atoms with van der Waals surface area (Å²) in [6.45, 7) is 0. The van der Waals surface area contributed by atoms with Gasteiger partial charge in [-0.3, -0.25) is 0 Å². The number of hydrogen-bond acceptors (Lipinski definition) is 5. The molecule has 0 fully saturated rings. The predicted molar refractivity (Wildman–Crippen MR) is 37.1 cm³/mol. The lowest BCUT2D eigenvalue weighted by Gasteiger charge is -2.07. The van der Waals surface area contributed by atoms with Crippen LogP contribution in [-0.4, -0.2) is 24.1 Å². The zero-order valence-corrected chi connectivity index (χ0v) is 6.18. The molecule has 0 saturated carbocycles. The number of carbonyl (C=O) groups excluding carboxylic acids is 1. The molecule has 12 heavy (non-hydrogen) atoms. The summed E-state index contributed by atoms with van der Waals surface area (Å²) in [5.74, 6) is -0.521. The van der Waals surface area contributed by atoms with Crippen molar-refractivity contribution in [3.63, 3.8) is 0 Å². The fourth-order valence-electron chi connectivity index (χ4n) is 0.378. The van der Waals surface area contributed by atoms with Gasteiger partial charge in [-0.2, -0.15) is 10.5 Å². The maximum atomic E-state index is 10.7.